The summed E-state index contributed by atoms with van der Waals surface area (Å²) in [5, 5.41) is 12.5. The van der Waals surface area contributed by atoms with Crippen LogP contribution in [0.2, 0.25) is 0 Å². The van der Waals surface area contributed by atoms with Crippen LogP contribution in [-0.2, 0) is 0 Å². The largest absolute Gasteiger partial charge is 0.476 e. The molecular weight excluding hydrogens is 234 g/mol. The summed E-state index contributed by atoms with van der Waals surface area (Å²) in [6.07, 6.45) is 5.09. The van der Waals surface area contributed by atoms with E-state index in [1.807, 2.05) is 0 Å². The van der Waals surface area contributed by atoms with Gasteiger partial charge in [-0.3, -0.25) is 0 Å². The van der Waals surface area contributed by atoms with E-state index in [1.54, 1.807) is 4.90 Å². The SMILES string of the molecule is O=C(O)c1ccn(C(=O)N2CC3CCC[C@@H]3C2)n1. The average molecular weight is 249 g/mol. The Morgan fingerprint density at radius 3 is 2.50 bits per heavy atom. The lowest BCUT2D eigenvalue weighted by Crippen LogP contribution is -2.33. The van der Waals surface area contributed by atoms with Crippen LogP contribution < -0.4 is 0 Å². The molecule has 1 saturated carbocycles. The summed E-state index contributed by atoms with van der Waals surface area (Å²) in [6, 6.07) is 1.13. The molecule has 1 saturated heterocycles. The maximum atomic E-state index is 12.1. The first-order valence-corrected chi connectivity index (χ1v) is 6.23. The Hall–Kier alpha value is -1.85. The van der Waals surface area contributed by atoms with Gasteiger partial charge in [-0.05, 0) is 30.7 Å². The number of hydrogen-bond donors (Lipinski definition) is 1. The number of nitrogens with zero attached hydrogens (tertiary/aromatic N) is 3. The molecule has 6 heteroatoms. The minimum atomic E-state index is -1.11. The summed E-state index contributed by atoms with van der Waals surface area (Å²) >= 11 is 0. The number of fused-ring (bicyclic) bond motifs is 1. The number of rotatable bonds is 1. The van der Waals surface area contributed by atoms with E-state index >= 15 is 0 Å². The molecule has 1 aromatic rings. The number of carboxylic acids is 1. The van der Waals surface area contributed by atoms with Gasteiger partial charge in [-0.1, -0.05) is 6.42 Å². The Morgan fingerprint density at radius 1 is 1.28 bits per heavy atom. The van der Waals surface area contributed by atoms with E-state index in [9.17, 15) is 9.59 Å². The Balaban J connectivity index is 1.72. The molecule has 2 aliphatic rings. The summed E-state index contributed by atoms with van der Waals surface area (Å²) in [6.45, 7) is 1.57. The smallest absolute Gasteiger partial charge is 0.356 e. The van der Waals surface area contributed by atoms with Crippen LogP contribution in [0.3, 0.4) is 0 Å². The lowest BCUT2D eigenvalue weighted by molar-refractivity contribution is 0.0690. The first kappa shape index (κ1) is 11.3. The van der Waals surface area contributed by atoms with Gasteiger partial charge < -0.3 is 10.0 Å². The van der Waals surface area contributed by atoms with Gasteiger partial charge in [0, 0.05) is 19.3 Å². The Labute approximate surface area is 104 Å². The molecule has 2 fully saturated rings. The Kier molecular flexibility index (Phi) is 2.57. The highest BCUT2D eigenvalue weighted by atomic mass is 16.4. The van der Waals surface area contributed by atoms with E-state index in [0.717, 1.165) is 17.8 Å². The van der Waals surface area contributed by atoms with Crippen LogP contribution in [0.25, 0.3) is 0 Å². The predicted octanol–water partition coefficient (Wildman–Crippen LogP) is 1.28. The van der Waals surface area contributed by atoms with Crippen molar-refractivity contribution in [1.82, 2.24) is 14.7 Å². The van der Waals surface area contributed by atoms with E-state index in [1.165, 1.54) is 31.5 Å². The summed E-state index contributed by atoms with van der Waals surface area (Å²) in [4.78, 5) is 24.6. The summed E-state index contributed by atoms with van der Waals surface area (Å²) < 4.78 is 1.13. The van der Waals surface area contributed by atoms with E-state index in [4.69, 9.17) is 5.11 Å². The topological polar surface area (TPSA) is 75.4 Å². The van der Waals surface area contributed by atoms with Gasteiger partial charge in [0.1, 0.15) is 0 Å². The standard InChI is InChI=1S/C12H15N3O3/c16-11(17)10-4-5-15(13-10)12(18)14-6-8-2-1-3-9(8)7-14/h4-5,8-9H,1-3,6-7H2,(H,16,17)/t8-,9?/m1/s1. The predicted molar refractivity (Wildman–Crippen MR) is 62.4 cm³/mol. The Bertz CT molecular complexity index is 485. The third kappa shape index (κ3) is 1.77. The maximum Gasteiger partial charge on any atom is 0.356 e. The van der Waals surface area contributed by atoms with Gasteiger partial charge in [-0.2, -0.15) is 9.78 Å². The van der Waals surface area contributed by atoms with Crippen molar-refractivity contribution in [3.63, 3.8) is 0 Å². The fraction of sp³-hybridized carbons (Fsp3) is 0.583. The molecule has 0 radical (unpaired) electrons. The maximum absolute atomic E-state index is 12.1. The number of likely N-dealkylation sites (tertiary alicyclic amines) is 1. The van der Waals surface area contributed by atoms with Crippen LogP contribution >= 0.6 is 0 Å². The molecule has 1 N–H and O–H groups in total. The summed E-state index contributed by atoms with van der Waals surface area (Å²) in [5.74, 6) is 0.145. The van der Waals surface area contributed by atoms with Crippen LogP contribution in [0, 0.1) is 11.8 Å². The van der Waals surface area contributed by atoms with Gasteiger partial charge in [0.05, 0.1) is 0 Å². The molecule has 1 aliphatic carbocycles. The third-order valence-electron chi connectivity index (χ3n) is 4.00. The molecule has 1 aliphatic heterocycles. The molecule has 1 aromatic heterocycles. The van der Waals surface area contributed by atoms with Crippen LogP contribution in [0.5, 0.6) is 0 Å². The molecule has 3 rings (SSSR count). The van der Waals surface area contributed by atoms with Crippen molar-refractivity contribution in [3.8, 4) is 0 Å². The number of carboxylic acid groups (broad SMARTS) is 1. The molecule has 1 amide bonds. The molecule has 2 atom stereocenters. The highest BCUT2D eigenvalue weighted by Crippen LogP contribution is 2.37. The van der Waals surface area contributed by atoms with E-state index in [2.05, 4.69) is 5.10 Å². The number of carbonyl (C=O) groups excluding carboxylic acids is 1. The summed E-state index contributed by atoms with van der Waals surface area (Å²) in [5.41, 5.74) is -0.0947. The molecule has 96 valence electrons. The van der Waals surface area contributed by atoms with Crippen molar-refractivity contribution < 1.29 is 14.7 Å². The van der Waals surface area contributed by atoms with Crippen molar-refractivity contribution in [2.24, 2.45) is 11.8 Å². The van der Waals surface area contributed by atoms with Gasteiger partial charge in [-0.15, -0.1) is 0 Å². The van der Waals surface area contributed by atoms with Crippen LogP contribution in [0.1, 0.15) is 29.8 Å². The second-order valence-corrected chi connectivity index (χ2v) is 5.09. The molecular formula is C12H15N3O3. The van der Waals surface area contributed by atoms with Crippen molar-refractivity contribution in [1.29, 1.82) is 0 Å². The van der Waals surface area contributed by atoms with Crippen molar-refractivity contribution in [2.75, 3.05) is 13.1 Å². The lowest BCUT2D eigenvalue weighted by Gasteiger charge is -2.16. The minimum absolute atomic E-state index is 0.0947. The number of amides is 1. The van der Waals surface area contributed by atoms with Gasteiger partial charge in [0.15, 0.2) is 5.69 Å². The van der Waals surface area contributed by atoms with Crippen LogP contribution in [0.4, 0.5) is 4.79 Å². The summed E-state index contributed by atoms with van der Waals surface area (Å²) in [7, 11) is 0. The van der Waals surface area contributed by atoms with Crippen molar-refractivity contribution in [3.05, 3.63) is 18.0 Å². The quantitative estimate of drug-likeness (QED) is 0.813. The number of aromatic nitrogens is 2. The van der Waals surface area contributed by atoms with Crippen molar-refractivity contribution >= 4 is 12.0 Å². The number of carbonyl (C=O) groups is 2. The monoisotopic (exact) mass is 249 g/mol. The zero-order valence-corrected chi connectivity index (χ0v) is 9.95. The normalized spacial score (nSPS) is 26.3. The molecule has 0 bridgehead atoms. The van der Waals surface area contributed by atoms with Crippen LogP contribution in [-0.4, -0.2) is 44.9 Å². The van der Waals surface area contributed by atoms with Gasteiger partial charge >= 0.3 is 12.0 Å². The van der Waals surface area contributed by atoms with Gasteiger partial charge in [0.2, 0.25) is 0 Å². The van der Waals surface area contributed by atoms with Crippen LogP contribution in [0.15, 0.2) is 12.3 Å². The number of aromatic carboxylic acids is 1. The molecule has 0 aromatic carbocycles. The zero-order chi connectivity index (χ0) is 12.7. The average Bonchev–Trinajstić information content (AvgIpc) is 3.02. The van der Waals surface area contributed by atoms with Crippen molar-refractivity contribution in [2.45, 2.75) is 19.3 Å². The first-order chi connectivity index (χ1) is 8.65. The molecule has 18 heavy (non-hydrogen) atoms. The molecule has 0 spiro atoms. The highest BCUT2D eigenvalue weighted by molar-refractivity contribution is 5.86. The highest BCUT2D eigenvalue weighted by Gasteiger charge is 2.38. The fourth-order valence-electron chi connectivity index (χ4n) is 3.08. The first-order valence-electron chi connectivity index (χ1n) is 6.23. The zero-order valence-electron chi connectivity index (χ0n) is 9.95. The lowest BCUT2D eigenvalue weighted by atomic mass is 10.0. The Morgan fingerprint density at radius 2 is 1.94 bits per heavy atom. The second-order valence-electron chi connectivity index (χ2n) is 5.09. The number of hydrogen-bond acceptors (Lipinski definition) is 3. The molecule has 1 unspecified atom stereocenters. The fourth-order valence-corrected chi connectivity index (χ4v) is 3.08. The minimum Gasteiger partial charge on any atom is -0.476 e. The second kappa shape index (κ2) is 4.12. The van der Waals surface area contributed by atoms with Gasteiger partial charge in [-0.25, -0.2) is 9.59 Å². The van der Waals surface area contributed by atoms with E-state index < -0.39 is 5.97 Å². The van der Waals surface area contributed by atoms with Gasteiger partial charge in [0.25, 0.3) is 0 Å². The third-order valence-corrected chi connectivity index (χ3v) is 4.00. The van der Waals surface area contributed by atoms with E-state index in [0.29, 0.717) is 11.8 Å². The van der Waals surface area contributed by atoms with E-state index in [-0.39, 0.29) is 11.7 Å². The molecule has 6 nitrogen and oxygen atoms in total. The molecule has 2 heterocycles.